The van der Waals surface area contributed by atoms with Gasteiger partial charge in [-0.05, 0) is 38.6 Å². The Bertz CT molecular complexity index is 400. The van der Waals surface area contributed by atoms with Gasteiger partial charge in [-0.1, -0.05) is 32.9 Å². The van der Waals surface area contributed by atoms with Gasteiger partial charge in [-0.3, -0.25) is 0 Å². The second-order valence-electron chi connectivity index (χ2n) is 6.28. The maximum atomic E-state index is 5.52. The van der Waals surface area contributed by atoms with Gasteiger partial charge in [0.2, 0.25) is 11.7 Å². The summed E-state index contributed by atoms with van der Waals surface area (Å²) in [5.41, 5.74) is -0.466. The van der Waals surface area contributed by atoms with Crippen molar-refractivity contribution in [2.45, 2.75) is 71.9 Å². The number of hydrogen-bond acceptors (Lipinski definition) is 5. The van der Waals surface area contributed by atoms with E-state index >= 15 is 0 Å². The highest BCUT2D eigenvalue weighted by Gasteiger charge is 2.30. The van der Waals surface area contributed by atoms with Crippen LogP contribution < -0.4 is 5.32 Å². The van der Waals surface area contributed by atoms with Crippen LogP contribution in [0.25, 0.3) is 0 Å². The lowest BCUT2D eigenvalue weighted by molar-refractivity contribution is -0.0106. The fraction of sp³-hybridized carbons (Fsp3) is 0.875. The highest BCUT2D eigenvalue weighted by molar-refractivity contribution is 5.00. The highest BCUT2D eigenvalue weighted by atomic mass is 16.5. The number of methoxy groups -OCH3 is 1. The van der Waals surface area contributed by atoms with E-state index in [-0.39, 0.29) is 0 Å². The van der Waals surface area contributed by atoms with Crippen molar-refractivity contribution in [2.24, 2.45) is 5.92 Å². The molecular weight excluding hydrogens is 266 g/mol. The van der Waals surface area contributed by atoms with E-state index < -0.39 is 5.60 Å². The van der Waals surface area contributed by atoms with Crippen LogP contribution in [0.5, 0.6) is 0 Å². The minimum absolute atomic E-state index is 0.383. The minimum Gasteiger partial charge on any atom is -0.370 e. The summed E-state index contributed by atoms with van der Waals surface area (Å²) in [4.78, 5) is 4.54. The van der Waals surface area contributed by atoms with Crippen molar-refractivity contribution in [1.82, 2.24) is 15.5 Å². The fourth-order valence-corrected chi connectivity index (χ4v) is 2.31. The first-order valence-corrected chi connectivity index (χ1v) is 8.06. The lowest BCUT2D eigenvalue weighted by atomic mass is 10.0. The van der Waals surface area contributed by atoms with Gasteiger partial charge in [0.25, 0.3) is 0 Å². The Morgan fingerprint density at radius 2 is 2.05 bits per heavy atom. The summed E-state index contributed by atoms with van der Waals surface area (Å²) in [5.74, 6) is 1.97. The first-order chi connectivity index (χ1) is 9.95. The molecule has 2 unspecified atom stereocenters. The number of hydrogen-bond donors (Lipinski definition) is 1. The highest BCUT2D eigenvalue weighted by Crippen LogP contribution is 2.25. The van der Waals surface area contributed by atoms with Gasteiger partial charge in [0, 0.05) is 19.6 Å². The molecule has 0 aromatic carbocycles. The van der Waals surface area contributed by atoms with Gasteiger partial charge in [-0.2, -0.15) is 4.98 Å². The second kappa shape index (κ2) is 8.49. The molecule has 1 rings (SSSR count). The van der Waals surface area contributed by atoms with Crippen molar-refractivity contribution in [1.29, 1.82) is 0 Å². The molecular formula is C16H31N3O2. The summed E-state index contributed by atoms with van der Waals surface area (Å²) in [6.45, 7) is 11.7. The van der Waals surface area contributed by atoms with Gasteiger partial charge in [0.05, 0.1) is 0 Å². The summed E-state index contributed by atoms with van der Waals surface area (Å²) < 4.78 is 10.9. The van der Waals surface area contributed by atoms with Gasteiger partial charge in [0.15, 0.2) is 0 Å². The molecule has 0 aliphatic rings. The predicted octanol–water partition coefficient (Wildman–Crippen LogP) is 3.30. The van der Waals surface area contributed by atoms with E-state index in [0.29, 0.717) is 23.7 Å². The fourth-order valence-electron chi connectivity index (χ4n) is 2.31. The third kappa shape index (κ3) is 5.40. The van der Waals surface area contributed by atoms with Crippen LogP contribution in [-0.4, -0.2) is 29.8 Å². The van der Waals surface area contributed by atoms with E-state index in [9.17, 15) is 0 Å². The SMILES string of the molecule is CCCNC(Cc1nc(C(C)(CC)OC)no1)CC(C)C. The van der Waals surface area contributed by atoms with E-state index in [2.05, 4.69) is 43.2 Å². The standard InChI is InChI=1S/C16H31N3O2/c1-7-9-17-13(10-12(3)4)11-14-18-15(19-21-14)16(5,8-2)20-6/h12-13,17H,7-11H2,1-6H3. The Morgan fingerprint density at radius 3 is 2.57 bits per heavy atom. The lowest BCUT2D eigenvalue weighted by Gasteiger charge is -2.22. The third-order valence-electron chi connectivity index (χ3n) is 3.93. The van der Waals surface area contributed by atoms with Crippen LogP contribution in [0.3, 0.4) is 0 Å². The molecule has 0 radical (unpaired) electrons. The smallest absolute Gasteiger partial charge is 0.228 e. The molecule has 2 atom stereocenters. The molecule has 21 heavy (non-hydrogen) atoms. The third-order valence-corrected chi connectivity index (χ3v) is 3.93. The second-order valence-corrected chi connectivity index (χ2v) is 6.28. The molecule has 0 bridgehead atoms. The van der Waals surface area contributed by atoms with Crippen LogP contribution in [0, 0.1) is 5.92 Å². The van der Waals surface area contributed by atoms with Gasteiger partial charge < -0.3 is 14.6 Å². The summed E-state index contributed by atoms with van der Waals surface area (Å²) >= 11 is 0. The molecule has 0 amide bonds. The molecule has 5 heteroatoms. The predicted molar refractivity (Wildman–Crippen MR) is 84.2 cm³/mol. The summed E-state index contributed by atoms with van der Waals surface area (Å²) in [7, 11) is 1.68. The Hall–Kier alpha value is -0.940. The van der Waals surface area contributed by atoms with E-state index in [1.54, 1.807) is 7.11 Å². The molecule has 0 aliphatic heterocycles. The first-order valence-electron chi connectivity index (χ1n) is 8.06. The van der Waals surface area contributed by atoms with Crippen LogP contribution in [0.4, 0.5) is 0 Å². The molecule has 1 heterocycles. The van der Waals surface area contributed by atoms with Crippen LogP contribution in [0.2, 0.25) is 0 Å². The maximum Gasteiger partial charge on any atom is 0.228 e. The Labute approximate surface area is 128 Å². The van der Waals surface area contributed by atoms with Crippen molar-refractivity contribution in [3.8, 4) is 0 Å². The number of ether oxygens (including phenoxy) is 1. The molecule has 0 fully saturated rings. The van der Waals surface area contributed by atoms with Crippen molar-refractivity contribution >= 4 is 0 Å². The van der Waals surface area contributed by atoms with E-state index in [4.69, 9.17) is 9.26 Å². The molecule has 0 aliphatic carbocycles. The maximum absolute atomic E-state index is 5.52. The number of aromatic nitrogens is 2. The van der Waals surface area contributed by atoms with Crippen molar-refractivity contribution in [2.75, 3.05) is 13.7 Å². The normalized spacial score (nSPS) is 16.1. The molecule has 1 N–H and O–H groups in total. The van der Waals surface area contributed by atoms with Gasteiger partial charge in [-0.15, -0.1) is 0 Å². The average Bonchev–Trinajstić information content (AvgIpc) is 2.92. The molecule has 122 valence electrons. The zero-order valence-corrected chi connectivity index (χ0v) is 14.4. The molecule has 0 saturated heterocycles. The topological polar surface area (TPSA) is 60.2 Å². The summed E-state index contributed by atoms with van der Waals surface area (Å²) in [5, 5.41) is 7.67. The Morgan fingerprint density at radius 1 is 1.33 bits per heavy atom. The van der Waals surface area contributed by atoms with Crippen LogP contribution in [0.1, 0.15) is 65.6 Å². The Balaban J connectivity index is 2.73. The molecule has 0 saturated carbocycles. The zero-order valence-electron chi connectivity index (χ0n) is 14.4. The lowest BCUT2D eigenvalue weighted by Crippen LogP contribution is -2.33. The van der Waals surface area contributed by atoms with Crippen LogP contribution in [-0.2, 0) is 16.8 Å². The quantitative estimate of drug-likeness (QED) is 0.718. The molecule has 0 spiro atoms. The molecule has 1 aromatic heterocycles. The van der Waals surface area contributed by atoms with Crippen molar-refractivity contribution in [3.05, 3.63) is 11.7 Å². The van der Waals surface area contributed by atoms with Gasteiger partial charge in [-0.25, -0.2) is 0 Å². The molecule has 5 nitrogen and oxygen atoms in total. The van der Waals surface area contributed by atoms with E-state index in [1.807, 2.05) is 6.92 Å². The van der Waals surface area contributed by atoms with Crippen LogP contribution in [0.15, 0.2) is 4.52 Å². The van der Waals surface area contributed by atoms with E-state index in [0.717, 1.165) is 32.2 Å². The molecule has 1 aromatic rings. The zero-order chi connectivity index (χ0) is 15.9. The van der Waals surface area contributed by atoms with Crippen molar-refractivity contribution < 1.29 is 9.26 Å². The summed E-state index contributed by atoms with van der Waals surface area (Å²) in [6, 6.07) is 0.383. The van der Waals surface area contributed by atoms with Crippen molar-refractivity contribution in [3.63, 3.8) is 0 Å². The average molecular weight is 297 g/mol. The van der Waals surface area contributed by atoms with Crippen LogP contribution >= 0.6 is 0 Å². The number of rotatable bonds is 10. The van der Waals surface area contributed by atoms with Gasteiger partial charge >= 0.3 is 0 Å². The number of nitrogens with one attached hydrogen (secondary N) is 1. The Kier molecular flexibility index (Phi) is 7.32. The number of nitrogens with zero attached hydrogens (tertiary/aromatic N) is 2. The summed E-state index contributed by atoms with van der Waals surface area (Å²) in [6.07, 6.45) is 3.81. The van der Waals surface area contributed by atoms with E-state index in [1.165, 1.54) is 0 Å². The first kappa shape index (κ1) is 18.1. The van der Waals surface area contributed by atoms with Gasteiger partial charge in [0.1, 0.15) is 5.60 Å². The largest absolute Gasteiger partial charge is 0.370 e. The monoisotopic (exact) mass is 297 g/mol. The minimum atomic E-state index is -0.466.